The number of amides is 2. The predicted octanol–water partition coefficient (Wildman–Crippen LogP) is 0.175. The number of nitrogens with zero attached hydrogens (tertiary/aromatic N) is 1. The van der Waals surface area contributed by atoms with Crippen LogP contribution in [-0.2, 0) is 9.59 Å². The molecule has 1 N–H and O–H groups in total. The first-order valence-corrected chi connectivity index (χ1v) is 6.68. The maximum absolute atomic E-state index is 12.4. The van der Waals surface area contributed by atoms with Crippen molar-refractivity contribution in [2.75, 3.05) is 26.2 Å². The molecule has 0 radical (unpaired) electrons. The zero-order valence-electron chi connectivity index (χ0n) is 11.0. The highest BCUT2D eigenvalue weighted by molar-refractivity contribution is 5.83. The van der Waals surface area contributed by atoms with Crippen LogP contribution in [0.2, 0.25) is 0 Å². The van der Waals surface area contributed by atoms with Gasteiger partial charge in [0.1, 0.15) is 6.61 Å². The van der Waals surface area contributed by atoms with Gasteiger partial charge in [0.15, 0.2) is 11.5 Å². The Morgan fingerprint density at radius 1 is 1.25 bits per heavy atom. The molecule has 1 unspecified atom stereocenters. The smallest absolute Gasteiger partial charge is 0.267 e. The van der Waals surface area contributed by atoms with E-state index in [9.17, 15) is 9.59 Å². The molecule has 0 aromatic heterocycles. The molecule has 2 aliphatic rings. The van der Waals surface area contributed by atoms with Gasteiger partial charge in [-0.05, 0) is 12.1 Å². The lowest BCUT2D eigenvalue weighted by molar-refractivity contribution is -0.141. The fraction of sp³-hybridized carbons (Fsp3) is 0.429. The van der Waals surface area contributed by atoms with Crippen LogP contribution in [-0.4, -0.2) is 49.1 Å². The molecule has 1 aromatic carbocycles. The Hall–Kier alpha value is -2.24. The Bertz CT molecular complexity index is 532. The van der Waals surface area contributed by atoms with E-state index in [-0.39, 0.29) is 18.4 Å². The van der Waals surface area contributed by atoms with Crippen LogP contribution in [0.1, 0.15) is 6.42 Å². The van der Waals surface area contributed by atoms with Gasteiger partial charge < -0.3 is 19.7 Å². The highest BCUT2D eigenvalue weighted by Crippen LogP contribution is 2.31. The van der Waals surface area contributed by atoms with Crippen LogP contribution >= 0.6 is 0 Å². The molecule has 2 amide bonds. The minimum atomic E-state index is -0.641. The third kappa shape index (κ3) is 2.54. The Morgan fingerprint density at radius 3 is 2.90 bits per heavy atom. The van der Waals surface area contributed by atoms with E-state index in [2.05, 4.69) is 5.32 Å². The molecule has 0 bridgehead atoms. The maximum Gasteiger partial charge on any atom is 0.267 e. The molecule has 3 rings (SSSR count). The average molecular weight is 276 g/mol. The fourth-order valence-corrected chi connectivity index (χ4v) is 2.33. The van der Waals surface area contributed by atoms with Gasteiger partial charge in [-0.3, -0.25) is 9.59 Å². The van der Waals surface area contributed by atoms with Crippen LogP contribution < -0.4 is 14.8 Å². The van der Waals surface area contributed by atoms with Gasteiger partial charge in [-0.15, -0.1) is 0 Å². The SMILES string of the molecule is O=C1CCN(C(=O)C2COc3ccccc3O2)CCN1. The highest BCUT2D eigenvalue weighted by atomic mass is 16.6. The molecule has 20 heavy (non-hydrogen) atoms. The van der Waals surface area contributed by atoms with Gasteiger partial charge in [0.25, 0.3) is 5.91 Å². The largest absolute Gasteiger partial charge is 0.485 e. The van der Waals surface area contributed by atoms with Crippen molar-refractivity contribution in [3.8, 4) is 11.5 Å². The van der Waals surface area contributed by atoms with E-state index in [1.54, 1.807) is 11.0 Å². The van der Waals surface area contributed by atoms with Crippen molar-refractivity contribution in [1.29, 1.82) is 0 Å². The lowest BCUT2D eigenvalue weighted by Crippen LogP contribution is -2.47. The standard InChI is InChI=1S/C14H16N2O4/c17-13-5-7-16(8-6-15-13)14(18)12-9-19-10-3-1-2-4-11(10)20-12/h1-4,12H,5-9H2,(H,15,17). The topological polar surface area (TPSA) is 67.9 Å². The number of hydrogen-bond donors (Lipinski definition) is 1. The summed E-state index contributed by atoms with van der Waals surface area (Å²) in [5.74, 6) is 1.09. The molecule has 2 heterocycles. The quantitative estimate of drug-likeness (QED) is 0.794. The summed E-state index contributed by atoms with van der Waals surface area (Å²) in [5.41, 5.74) is 0. The second-order valence-electron chi connectivity index (χ2n) is 4.79. The minimum Gasteiger partial charge on any atom is -0.485 e. The van der Waals surface area contributed by atoms with Crippen molar-refractivity contribution in [1.82, 2.24) is 10.2 Å². The lowest BCUT2D eigenvalue weighted by Gasteiger charge is -2.29. The van der Waals surface area contributed by atoms with Gasteiger partial charge in [-0.2, -0.15) is 0 Å². The highest BCUT2D eigenvalue weighted by Gasteiger charge is 2.31. The zero-order chi connectivity index (χ0) is 13.9. The van der Waals surface area contributed by atoms with Crippen LogP contribution in [0, 0.1) is 0 Å². The van der Waals surface area contributed by atoms with E-state index in [0.717, 1.165) is 0 Å². The third-order valence-electron chi connectivity index (χ3n) is 3.41. The first kappa shape index (κ1) is 12.8. The van der Waals surface area contributed by atoms with Crippen LogP contribution in [0.5, 0.6) is 11.5 Å². The van der Waals surface area contributed by atoms with Crippen LogP contribution in [0.15, 0.2) is 24.3 Å². The summed E-state index contributed by atoms with van der Waals surface area (Å²) in [5, 5.41) is 2.74. The van der Waals surface area contributed by atoms with Crippen molar-refractivity contribution in [3.05, 3.63) is 24.3 Å². The van der Waals surface area contributed by atoms with Crippen molar-refractivity contribution in [3.63, 3.8) is 0 Å². The third-order valence-corrected chi connectivity index (χ3v) is 3.41. The van der Waals surface area contributed by atoms with E-state index < -0.39 is 6.10 Å². The molecule has 106 valence electrons. The van der Waals surface area contributed by atoms with Gasteiger partial charge in [-0.1, -0.05) is 12.1 Å². The second-order valence-corrected chi connectivity index (χ2v) is 4.79. The fourth-order valence-electron chi connectivity index (χ4n) is 2.33. The summed E-state index contributed by atoms with van der Waals surface area (Å²) >= 11 is 0. The zero-order valence-corrected chi connectivity index (χ0v) is 11.0. The monoisotopic (exact) mass is 276 g/mol. The maximum atomic E-state index is 12.4. The summed E-state index contributed by atoms with van der Waals surface area (Å²) in [4.78, 5) is 25.3. The Labute approximate surface area is 116 Å². The lowest BCUT2D eigenvalue weighted by atomic mass is 10.2. The number of carbonyl (C=O) groups excluding carboxylic acids is 2. The summed E-state index contributed by atoms with van der Waals surface area (Å²) in [7, 11) is 0. The molecule has 0 aliphatic carbocycles. The molecule has 1 atom stereocenters. The summed E-state index contributed by atoms with van der Waals surface area (Å²) in [6.45, 7) is 1.61. The van der Waals surface area contributed by atoms with Crippen LogP contribution in [0.4, 0.5) is 0 Å². The predicted molar refractivity (Wildman–Crippen MR) is 70.6 cm³/mol. The van der Waals surface area contributed by atoms with Crippen molar-refractivity contribution < 1.29 is 19.1 Å². The number of carbonyl (C=O) groups is 2. The molecule has 2 aliphatic heterocycles. The molecular weight excluding hydrogens is 260 g/mol. The molecule has 0 saturated carbocycles. The van der Waals surface area contributed by atoms with Crippen LogP contribution in [0.3, 0.4) is 0 Å². The van der Waals surface area contributed by atoms with E-state index in [4.69, 9.17) is 9.47 Å². The first-order valence-electron chi connectivity index (χ1n) is 6.68. The van der Waals surface area contributed by atoms with E-state index in [1.165, 1.54) is 0 Å². The molecule has 1 saturated heterocycles. The van der Waals surface area contributed by atoms with Gasteiger partial charge in [0.05, 0.1) is 0 Å². The van der Waals surface area contributed by atoms with Gasteiger partial charge in [0.2, 0.25) is 12.0 Å². The number of ether oxygens (including phenoxy) is 2. The number of para-hydroxylation sites is 2. The average Bonchev–Trinajstić information content (AvgIpc) is 2.71. The van der Waals surface area contributed by atoms with Crippen molar-refractivity contribution in [2.45, 2.75) is 12.5 Å². The molecule has 0 spiro atoms. The number of nitrogens with one attached hydrogen (secondary N) is 1. The van der Waals surface area contributed by atoms with Crippen molar-refractivity contribution >= 4 is 11.8 Å². The minimum absolute atomic E-state index is 0.0218. The van der Waals surface area contributed by atoms with E-state index in [0.29, 0.717) is 37.6 Å². The number of rotatable bonds is 1. The second kappa shape index (κ2) is 5.40. The molecule has 1 fully saturated rings. The summed E-state index contributed by atoms with van der Waals surface area (Å²) in [6, 6.07) is 7.28. The summed E-state index contributed by atoms with van der Waals surface area (Å²) in [6.07, 6.45) is -0.311. The molecule has 6 nitrogen and oxygen atoms in total. The normalized spacial score (nSPS) is 21.9. The van der Waals surface area contributed by atoms with Crippen molar-refractivity contribution in [2.24, 2.45) is 0 Å². The van der Waals surface area contributed by atoms with E-state index >= 15 is 0 Å². The van der Waals surface area contributed by atoms with Gasteiger partial charge in [-0.25, -0.2) is 0 Å². The summed E-state index contributed by atoms with van der Waals surface area (Å²) < 4.78 is 11.2. The molecule has 6 heteroatoms. The Balaban J connectivity index is 1.68. The van der Waals surface area contributed by atoms with Crippen LogP contribution in [0.25, 0.3) is 0 Å². The Morgan fingerprint density at radius 2 is 2.05 bits per heavy atom. The van der Waals surface area contributed by atoms with E-state index in [1.807, 2.05) is 18.2 Å². The molecular formula is C14H16N2O4. The van der Waals surface area contributed by atoms with Gasteiger partial charge >= 0.3 is 0 Å². The first-order chi connectivity index (χ1) is 9.74. The number of benzene rings is 1. The Kier molecular flexibility index (Phi) is 3.45. The molecule has 1 aromatic rings. The number of fused-ring (bicyclic) bond motifs is 1. The van der Waals surface area contributed by atoms with Gasteiger partial charge in [0, 0.05) is 26.1 Å². The number of hydrogen-bond acceptors (Lipinski definition) is 4.